The highest BCUT2D eigenvalue weighted by Crippen LogP contribution is 2.23. The van der Waals surface area contributed by atoms with Gasteiger partial charge in [-0.1, -0.05) is 71.9 Å². The normalized spacial score (nSPS) is 11.3. The molecule has 0 saturated heterocycles. The predicted molar refractivity (Wildman–Crippen MR) is 134 cm³/mol. The topological polar surface area (TPSA) is 60.6 Å². The Morgan fingerprint density at radius 1 is 0.909 bits per heavy atom. The van der Waals surface area contributed by atoms with Crippen molar-refractivity contribution in [3.63, 3.8) is 0 Å². The maximum absolute atomic E-state index is 6.04. The van der Waals surface area contributed by atoms with E-state index in [-0.39, 0.29) is 0 Å². The lowest BCUT2D eigenvalue weighted by atomic mass is 10.2. The van der Waals surface area contributed by atoms with Crippen molar-refractivity contribution in [3.8, 4) is 5.69 Å². The molecule has 3 aromatic carbocycles. The molecule has 0 bridgehead atoms. The molecule has 1 N–H and O–H groups in total. The minimum atomic E-state index is 0.761. The molecule has 0 radical (unpaired) electrons. The zero-order chi connectivity index (χ0) is 22.5. The van der Waals surface area contributed by atoms with Gasteiger partial charge < -0.3 is 9.88 Å². The summed E-state index contributed by atoms with van der Waals surface area (Å²) < 4.78 is 4.08. The highest BCUT2D eigenvalue weighted by Gasteiger charge is 2.10. The molecule has 8 heteroatoms. The lowest BCUT2D eigenvalue weighted by Gasteiger charge is -2.06. The molecule has 0 aliphatic carbocycles. The number of rotatable bonds is 9. The minimum absolute atomic E-state index is 0.761. The van der Waals surface area contributed by atoms with Gasteiger partial charge in [0.2, 0.25) is 5.16 Å². The van der Waals surface area contributed by atoms with Crippen molar-refractivity contribution in [2.24, 2.45) is 0 Å². The van der Waals surface area contributed by atoms with Crippen LogP contribution >= 0.6 is 23.4 Å². The molecule has 33 heavy (non-hydrogen) atoms. The van der Waals surface area contributed by atoms with E-state index in [0.29, 0.717) is 0 Å². The molecule has 0 atom stereocenters. The molecule has 0 fully saturated rings. The molecule has 0 aliphatic rings. The highest BCUT2D eigenvalue weighted by atomic mass is 35.5. The van der Waals surface area contributed by atoms with Gasteiger partial charge in [0.15, 0.2) is 0 Å². The smallest absolute Gasteiger partial charge is 0.214 e. The van der Waals surface area contributed by atoms with E-state index >= 15 is 0 Å². The average Bonchev–Trinajstić information content (AvgIpc) is 3.46. The minimum Gasteiger partial charge on any atom is -0.343 e. The first-order valence-electron chi connectivity index (χ1n) is 10.8. The van der Waals surface area contributed by atoms with E-state index in [0.717, 1.165) is 41.3 Å². The fourth-order valence-corrected chi connectivity index (χ4v) is 4.73. The van der Waals surface area contributed by atoms with Gasteiger partial charge in [-0.25, -0.2) is 0 Å². The van der Waals surface area contributed by atoms with Crippen molar-refractivity contribution in [2.75, 3.05) is 12.3 Å². The molecule has 2 aromatic heterocycles. The summed E-state index contributed by atoms with van der Waals surface area (Å²) >= 11 is 7.68. The van der Waals surface area contributed by atoms with E-state index in [4.69, 9.17) is 11.6 Å². The van der Waals surface area contributed by atoms with Crippen LogP contribution in [-0.2, 0) is 13.1 Å². The fraction of sp³-hybridized carbons (Fsp3) is 0.160. The maximum Gasteiger partial charge on any atom is 0.214 e. The van der Waals surface area contributed by atoms with E-state index in [1.807, 2.05) is 42.5 Å². The fourth-order valence-electron chi connectivity index (χ4n) is 3.82. The van der Waals surface area contributed by atoms with Gasteiger partial charge in [0.05, 0.1) is 5.69 Å². The van der Waals surface area contributed by atoms with Crippen LogP contribution in [0.3, 0.4) is 0 Å². The zero-order valence-corrected chi connectivity index (χ0v) is 19.5. The molecule has 5 aromatic rings. The lowest BCUT2D eigenvalue weighted by Crippen LogP contribution is -2.16. The van der Waals surface area contributed by atoms with Crippen molar-refractivity contribution in [3.05, 3.63) is 101 Å². The van der Waals surface area contributed by atoms with Crippen LogP contribution in [0.4, 0.5) is 0 Å². The summed E-state index contributed by atoms with van der Waals surface area (Å²) in [5.41, 5.74) is 4.72. The van der Waals surface area contributed by atoms with Crippen molar-refractivity contribution >= 4 is 34.3 Å². The molecule has 0 amide bonds. The second-order valence-electron chi connectivity index (χ2n) is 7.66. The Balaban J connectivity index is 1.20. The maximum atomic E-state index is 6.04. The van der Waals surface area contributed by atoms with Gasteiger partial charge >= 0.3 is 0 Å². The lowest BCUT2D eigenvalue weighted by molar-refractivity contribution is 0.725. The number of thioether (sulfide) groups is 1. The molecule has 2 heterocycles. The van der Waals surface area contributed by atoms with Gasteiger partial charge in [-0.3, -0.25) is 0 Å². The Morgan fingerprint density at radius 2 is 1.70 bits per heavy atom. The third-order valence-electron chi connectivity index (χ3n) is 5.40. The quantitative estimate of drug-likeness (QED) is 0.235. The summed E-state index contributed by atoms with van der Waals surface area (Å²) in [5, 5.41) is 18.5. The van der Waals surface area contributed by atoms with Gasteiger partial charge in [-0.15, -0.1) is 5.10 Å². The molecule has 0 unspecified atom stereocenters. The van der Waals surface area contributed by atoms with E-state index in [1.165, 1.54) is 22.0 Å². The number of aromatic nitrogens is 5. The SMILES string of the molecule is Clc1ccc(Cn2cc(CNCCSc3nnnn3-c3ccccc3)c3ccccc32)cc1. The summed E-state index contributed by atoms with van der Waals surface area (Å²) in [7, 11) is 0. The molecular weight excluding hydrogens is 452 g/mol. The summed E-state index contributed by atoms with van der Waals surface area (Å²) in [4.78, 5) is 0. The number of nitrogens with zero attached hydrogens (tertiary/aromatic N) is 5. The van der Waals surface area contributed by atoms with Crippen LogP contribution in [0.2, 0.25) is 5.02 Å². The number of hydrogen-bond acceptors (Lipinski definition) is 5. The first-order valence-corrected chi connectivity index (χ1v) is 12.1. The van der Waals surface area contributed by atoms with Gasteiger partial charge in [0, 0.05) is 47.5 Å². The third-order valence-corrected chi connectivity index (χ3v) is 6.58. The van der Waals surface area contributed by atoms with Gasteiger partial charge in [0.25, 0.3) is 0 Å². The van der Waals surface area contributed by atoms with Crippen molar-refractivity contribution in [2.45, 2.75) is 18.2 Å². The first-order chi connectivity index (χ1) is 16.3. The van der Waals surface area contributed by atoms with Crippen LogP contribution in [0.15, 0.2) is 90.2 Å². The van der Waals surface area contributed by atoms with Crippen molar-refractivity contribution in [1.29, 1.82) is 0 Å². The Hall–Kier alpha value is -3.13. The number of halogens is 1. The Morgan fingerprint density at radius 3 is 2.55 bits per heavy atom. The van der Waals surface area contributed by atoms with Gasteiger partial charge in [-0.2, -0.15) is 4.68 Å². The Kier molecular flexibility index (Phi) is 6.71. The number of para-hydroxylation sites is 2. The van der Waals surface area contributed by atoms with Crippen LogP contribution in [0.25, 0.3) is 16.6 Å². The molecule has 0 saturated carbocycles. The Labute approximate surface area is 201 Å². The average molecular weight is 475 g/mol. The van der Waals surface area contributed by atoms with E-state index in [2.05, 4.69) is 68.0 Å². The molecule has 5 rings (SSSR count). The molecule has 166 valence electrons. The predicted octanol–water partition coefficient (Wildman–Crippen LogP) is 5.20. The summed E-state index contributed by atoms with van der Waals surface area (Å²) in [5.74, 6) is 0.872. The molecule has 0 aliphatic heterocycles. The highest BCUT2D eigenvalue weighted by molar-refractivity contribution is 7.99. The number of benzene rings is 3. The molecular formula is C25H23ClN6S. The third kappa shape index (κ3) is 5.11. The summed E-state index contributed by atoms with van der Waals surface area (Å²) in [6.45, 7) is 2.47. The number of tetrazole rings is 1. The second-order valence-corrected chi connectivity index (χ2v) is 9.16. The zero-order valence-electron chi connectivity index (χ0n) is 17.9. The number of hydrogen-bond donors (Lipinski definition) is 1. The molecule has 0 spiro atoms. The number of nitrogens with one attached hydrogen (secondary N) is 1. The molecule has 6 nitrogen and oxygen atoms in total. The monoisotopic (exact) mass is 474 g/mol. The van der Waals surface area contributed by atoms with E-state index in [1.54, 1.807) is 16.4 Å². The van der Waals surface area contributed by atoms with Crippen LogP contribution in [-0.4, -0.2) is 37.1 Å². The van der Waals surface area contributed by atoms with E-state index < -0.39 is 0 Å². The van der Waals surface area contributed by atoms with Crippen LogP contribution in [0.1, 0.15) is 11.1 Å². The van der Waals surface area contributed by atoms with Crippen LogP contribution in [0, 0.1) is 0 Å². The largest absolute Gasteiger partial charge is 0.343 e. The van der Waals surface area contributed by atoms with E-state index in [9.17, 15) is 0 Å². The standard InChI is InChI=1S/C25H23ClN6S/c26-21-12-10-19(11-13-21)17-31-18-20(23-8-4-5-9-24(23)31)16-27-14-15-33-25-28-29-30-32(25)22-6-2-1-3-7-22/h1-13,18,27H,14-17H2. The van der Waals surface area contributed by atoms with Crippen LogP contribution in [0.5, 0.6) is 0 Å². The van der Waals surface area contributed by atoms with Gasteiger partial charge in [-0.05, 0) is 51.9 Å². The first kappa shape index (κ1) is 21.7. The number of fused-ring (bicyclic) bond motifs is 1. The van der Waals surface area contributed by atoms with Crippen molar-refractivity contribution in [1.82, 2.24) is 30.1 Å². The summed E-state index contributed by atoms with van der Waals surface area (Å²) in [6, 6.07) is 26.5. The van der Waals surface area contributed by atoms with Crippen molar-refractivity contribution < 1.29 is 0 Å². The second kappa shape index (κ2) is 10.2. The van der Waals surface area contributed by atoms with Gasteiger partial charge in [0.1, 0.15) is 0 Å². The summed E-state index contributed by atoms with van der Waals surface area (Å²) in [6.07, 6.45) is 2.25. The Bertz CT molecular complexity index is 1330. The van der Waals surface area contributed by atoms with Crippen LogP contribution < -0.4 is 5.32 Å².